The molecule has 2 aromatic rings. The third-order valence-corrected chi connectivity index (χ3v) is 2.98. The van der Waals surface area contributed by atoms with E-state index in [4.69, 9.17) is 10.2 Å². The van der Waals surface area contributed by atoms with E-state index in [1.54, 1.807) is 18.2 Å². The lowest BCUT2D eigenvalue weighted by Crippen LogP contribution is -2.07. The molecule has 1 aromatic carbocycles. The van der Waals surface area contributed by atoms with E-state index < -0.39 is 5.97 Å². The van der Waals surface area contributed by atoms with Crippen molar-refractivity contribution < 1.29 is 13.9 Å². The number of ether oxygens (including phenoxy) is 1. The van der Waals surface area contributed by atoms with E-state index in [9.17, 15) is 4.79 Å². The predicted molar refractivity (Wildman–Crippen MR) is 75.5 cm³/mol. The number of rotatable bonds is 4. The zero-order valence-corrected chi connectivity index (χ0v) is 11.7. The molecule has 0 bridgehead atoms. The van der Waals surface area contributed by atoms with Crippen molar-refractivity contribution in [2.24, 2.45) is 0 Å². The van der Waals surface area contributed by atoms with Crippen LogP contribution in [0, 0.1) is 13.8 Å². The molecular formula is C14H17N3O3. The Kier molecular flexibility index (Phi) is 3.93. The van der Waals surface area contributed by atoms with Crippen molar-refractivity contribution in [3.8, 4) is 0 Å². The number of aryl methyl sites for hydroxylation is 2. The summed E-state index contributed by atoms with van der Waals surface area (Å²) < 4.78 is 10.1. The summed E-state index contributed by atoms with van der Waals surface area (Å²) >= 11 is 0. The molecule has 6 nitrogen and oxygen atoms in total. The number of nitrogens with zero attached hydrogens (tertiary/aromatic N) is 1. The smallest absolute Gasteiger partial charge is 0.340 e. The van der Waals surface area contributed by atoms with Crippen molar-refractivity contribution >= 4 is 17.3 Å². The van der Waals surface area contributed by atoms with Gasteiger partial charge in [0, 0.05) is 11.4 Å². The second-order valence-corrected chi connectivity index (χ2v) is 4.40. The van der Waals surface area contributed by atoms with Crippen LogP contribution in [0.25, 0.3) is 0 Å². The van der Waals surface area contributed by atoms with Gasteiger partial charge in [0.25, 0.3) is 0 Å². The summed E-state index contributed by atoms with van der Waals surface area (Å²) in [5.41, 5.74) is 8.06. The van der Waals surface area contributed by atoms with E-state index in [1.807, 2.05) is 13.8 Å². The Morgan fingerprint density at radius 1 is 1.45 bits per heavy atom. The van der Waals surface area contributed by atoms with Gasteiger partial charge in [-0.05, 0) is 32.0 Å². The minimum atomic E-state index is -0.464. The Bertz CT molecular complexity index is 615. The van der Waals surface area contributed by atoms with Crippen LogP contribution in [-0.2, 0) is 11.3 Å². The van der Waals surface area contributed by atoms with Gasteiger partial charge in [-0.25, -0.2) is 9.78 Å². The van der Waals surface area contributed by atoms with E-state index in [1.165, 1.54) is 7.11 Å². The average Bonchev–Trinajstić information content (AvgIpc) is 2.76. The number of carbonyl (C=O) groups is 1. The molecule has 0 spiro atoms. The standard InChI is InChI=1S/C14H17N3O3/c1-8-9(2)20-13(17-8)7-16-10-4-5-12(15)11(6-10)14(18)19-3/h4-6,16H,7,15H2,1-3H3. The van der Waals surface area contributed by atoms with Gasteiger partial charge >= 0.3 is 5.97 Å². The largest absolute Gasteiger partial charge is 0.465 e. The van der Waals surface area contributed by atoms with Gasteiger partial charge in [-0.2, -0.15) is 0 Å². The number of esters is 1. The highest BCUT2D eigenvalue weighted by Gasteiger charge is 2.11. The number of aromatic nitrogens is 1. The molecule has 0 aliphatic heterocycles. The maximum Gasteiger partial charge on any atom is 0.340 e. The summed E-state index contributed by atoms with van der Waals surface area (Å²) in [7, 11) is 1.32. The van der Waals surface area contributed by atoms with Crippen LogP contribution in [-0.4, -0.2) is 18.1 Å². The lowest BCUT2D eigenvalue weighted by Gasteiger charge is -2.08. The molecular weight excluding hydrogens is 258 g/mol. The minimum absolute atomic E-state index is 0.331. The Hall–Kier alpha value is -2.50. The molecule has 0 unspecified atom stereocenters. The molecule has 0 radical (unpaired) electrons. The van der Waals surface area contributed by atoms with Crippen LogP contribution in [0.1, 0.15) is 27.7 Å². The van der Waals surface area contributed by atoms with E-state index in [-0.39, 0.29) is 0 Å². The molecule has 0 saturated carbocycles. The Balaban J connectivity index is 2.12. The number of nitrogens with two attached hydrogens (primary N) is 1. The Labute approximate surface area is 116 Å². The molecule has 0 atom stereocenters. The molecule has 1 aromatic heterocycles. The molecule has 1 heterocycles. The first-order valence-corrected chi connectivity index (χ1v) is 6.16. The van der Waals surface area contributed by atoms with Crippen molar-refractivity contribution in [3.63, 3.8) is 0 Å². The SMILES string of the molecule is COC(=O)c1cc(NCc2nc(C)c(C)o2)ccc1N. The molecule has 0 amide bonds. The molecule has 0 aliphatic carbocycles. The molecule has 20 heavy (non-hydrogen) atoms. The monoisotopic (exact) mass is 275 g/mol. The normalized spacial score (nSPS) is 10.3. The minimum Gasteiger partial charge on any atom is -0.465 e. The van der Waals surface area contributed by atoms with Crippen LogP contribution < -0.4 is 11.1 Å². The van der Waals surface area contributed by atoms with Gasteiger partial charge in [0.05, 0.1) is 24.9 Å². The topological polar surface area (TPSA) is 90.4 Å². The second kappa shape index (κ2) is 5.64. The first kappa shape index (κ1) is 13.9. The number of hydrogen-bond donors (Lipinski definition) is 2. The number of nitrogens with one attached hydrogen (secondary N) is 1. The quantitative estimate of drug-likeness (QED) is 0.657. The van der Waals surface area contributed by atoms with Gasteiger partial charge in [-0.15, -0.1) is 0 Å². The summed E-state index contributed by atoms with van der Waals surface area (Å²) in [6.45, 7) is 4.19. The number of anilines is 2. The molecule has 0 aliphatic rings. The fraction of sp³-hybridized carbons (Fsp3) is 0.286. The van der Waals surface area contributed by atoms with Gasteiger partial charge in [-0.3, -0.25) is 0 Å². The van der Waals surface area contributed by atoms with Gasteiger partial charge < -0.3 is 20.2 Å². The number of hydrogen-bond acceptors (Lipinski definition) is 6. The van der Waals surface area contributed by atoms with Crippen LogP contribution in [0.4, 0.5) is 11.4 Å². The first-order valence-electron chi connectivity index (χ1n) is 6.16. The summed E-state index contributed by atoms with van der Waals surface area (Å²) in [5, 5.41) is 3.13. The van der Waals surface area contributed by atoms with Crippen LogP contribution in [0.3, 0.4) is 0 Å². The number of oxazole rings is 1. The van der Waals surface area contributed by atoms with Crippen molar-refractivity contribution in [1.29, 1.82) is 0 Å². The zero-order valence-electron chi connectivity index (χ0n) is 11.7. The van der Waals surface area contributed by atoms with Crippen molar-refractivity contribution in [3.05, 3.63) is 41.1 Å². The van der Waals surface area contributed by atoms with E-state index in [0.29, 0.717) is 23.7 Å². The maximum absolute atomic E-state index is 11.5. The number of benzene rings is 1. The van der Waals surface area contributed by atoms with Crippen LogP contribution in [0.2, 0.25) is 0 Å². The van der Waals surface area contributed by atoms with Crippen LogP contribution in [0.15, 0.2) is 22.6 Å². The van der Waals surface area contributed by atoms with Crippen LogP contribution in [0.5, 0.6) is 0 Å². The Morgan fingerprint density at radius 3 is 2.80 bits per heavy atom. The summed E-state index contributed by atoms with van der Waals surface area (Å²) in [5.74, 6) is 0.930. The van der Waals surface area contributed by atoms with Crippen molar-refractivity contribution in [1.82, 2.24) is 4.98 Å². The van der Waals surface area contributed by atoms with E-state index >= 15 is 0 Å². The Morgan fingerprint density at radius 2 is 2.20 bits per heavy atom. The molecule has 3 N–H and O–H groups in total. The first-order chi connectivity index (χ1) is 9.51. The maximum atomic E-state index is 11.5. The number of carbonyl (C=O) groups excluding carboxylic acids is 1. The van der Waals surface area contributed by atoms with Crippen molar-refractivity contribution in [2.75, 3.05) is 18.2 Å². The molecule has 0 saturated heterocycles. The summed E-state index contributed by atoms with van der Waals surface area (Å²) in [4.78, 5) is 15.8. The molecule has 2 rings (SSSR count). The van der Waals surface area contributed by atoms with E-state index in [0.717, 1.165) is 17.1 Å². The summed E-state index contributed by atoms with van der Waals surface area (Å²) in [6.07, 6.45) is 0. The lowest BCUT2D eigenvalue weighted by molar-refractivity contribution is 0.0602. The molecule has 0 fully saturated rings. The highest BCUT2D eigenvalue weighted by atomic mass is 16.5. The fourth-order valence-electron chi connectivity index (χ4n) is 1.75. The predicted octanol–water partition coefficient (Wildman–Crippen LogP) is 2.27. The number of methoxy groups -OCH3 is 1. The highest BCUT2D eigenvalue weighted by Crippen LogP contribution is 2.19. The summed E-state index contributed by atoms with van der Waals surface area (Å²) in [6, 6.07) is 5.08. The van der Waals surface area contributed by atoms with Gasteiger partial charge in [0.1, 0.15) is 5.76 Å². The number of nitrogen functional groups attached to an aromatic ring is 1. The second-order valence-electron chi connectivity index (χ2n) is 4.40. The van der Waals surface area contributed by atoms with Crippen LogP contribution >= 0.6 is 0 Å². The van der Waals surface area contributed by atoms with E-state index in [2.05, 4.69) is 15.0 Å². The fourth-order valence-corrected chi connectivity index (χ4v) is 1.75. The highest BCUT2D eigenvalue weighted by molar-refractivity contribution is 5.96. The van der Waals surface area contributed by atoms with Gasteiger partial charge in [0.2, 0.25) is 5.89 Å². The molecule has 106 valence electrons. The van der Waals surface area contributed by atoms with Crippen molar-refractivity contribution in [2.45, 2.75) is 20.4 Å². The average molecular weight is 275 g/mol. The van der Waals surface area contributed by atoms with Gasteiger partial charge in [-0.1, -0.05) is 0 Å². The lowest BCUT2D eigenvalue weighted by atomic mass is 10.1. The molecule has 6 heteroatoms. The van der Waals surface area contributed by atoms with Gasteiger partial charge in [0.15, 0.2) is 0 Å². The zero-order chi connectivity index (χ0) is 14.7. The third kappa shape index (κ3) is 2.90. The third-order valence-electron chi connectivity index (χ3n) is 2.98.